The maximum atomic E-state index is 13.3. The Morgan fingerprint density at radius 1 is 0.931 bits per heavy atom. The Kier molecular flexibility index (Phi) is 3.70. The lowest BCUT2D eigenvalue weighted by Gasteiger charge is -2.29. The lowest BCUT2D eigenvalue weighted by molar-refractivity contribution is 0.103. The molecule has 0 saturated heterocycles. The monoisotopic (exact) mass is 405 g/mol. The molecule has 2 aliphatic rings. The molecule has 2 aromatic carbocycles. The van der Waals surface area contributed by atoms with Crippen molar-refractivity contribution in [2.75, 3.05) is 5.32 Å². The number of anilines is 1. The lowest BCUT2D eigenvalue weighted by Crippen LogP contribution is -2.42. The molecule has 7 heteroatoms. The van der Waals surface area contributed by atoms with E-state index in [1.165, 1.54) is 11.6 Å². The van der Waals surface area contributed by atoms with E-state index in [2.05, 4.69) is 5.32 Å². The molecule has 1 aliphatic heterocycles. The predicted octanol–water partition coefficient (Wildman–Crippen LogP) is 2.90. The van der Waals surface area contributed by atoms with Gasteiger partial charge in [-0.25, -0.2) is 4.79 Å². The van der Waals surface area contributed by atoms with Crippen LogP contribution < -0.4 is 16.6 Å². The minimum atomic E-state index is -0.634. The SMILES string of the molecule is Cn1c2c(c(=O)n(C)c1=O)[C@H](c1cccc(Cl)c1)C1=C(N2)c2ccccc2C1=O. The van der Waals surface area contributed by atoms with Gasteiger partial charge in [0, 0.05) is 41.7 Å². The maximum absolute atomic E-state index is 13.3. The molecule has 144 valence electrons. The summed E-state index contributed by atoms with van der Waals surface area (Å²) in [6.45, 7) is 0. The predicted molar refractivity (Wildman–Crippen MR) is 112 cm³/mol. The van der Waals surface area contributed by atoms with Crippen molar-refractivity contribution in [1.29, 1.82) is 0 Å². The number of fused-ring (bicyclic) bond motifs is 3. The van der Waals surface area contributed by atoms with E-state index in [1.807, 2.05) is 24.3 Å². The highest BCUT2D eigenvalue weighted by Gasteiger charge is 2.42. The summed E-state index contributed by atoms with van der Waals surface area (Å²) in [6.07, 6.45) is 0. The quantitative estimate of drug-likeness (QED) is 0.675. The van der Waals surface area contributed by atoms with Gasteiger partial charge in [-0.2, -0.15) is 0 Å². The van der Waals surface area contributed by atoms with Crippen molar-refractivity contribution >= 4 is 28.9 Å². The van der Waals surface area contributed by atoms with E-state index in [-0.39, 0.29) is 5.78 Å². The molecule has 29 heavy (non-hydrogen) atoms. The van der Waals surface area contributed by atoms with Gasteiger partial charge in [0.15, 0.2) is 5.78 Å². The molecule has 1 N–H and O–H groups in total. The average molecular weight is 406 g/mol. The van der Waals surface area contributed by atoms with E-state index in [0.717, 1.165) is 15.7 Å². The summed E-state index contributed by atoms with van der Waals surface area (Å²) >= 11 is 6.23. The molecule has 0 fully saturated rings. The molecule has 0 amide bonds. The average Bonchev–Trinajstić information content (AvgIpc) is 3.01. The van der Waals surface area contributed by atoms with E-state index >= 15 is 0 Å². The van der Waals surface area contributed by atoms with E-state index < -0.39 is 17.2 Å². The highest BCUT2D eigenvalue weighted by Crippen LogP contribution is 2.47. The number of benzene rings is 2. The van der Waals surface area contributed by atoms with Gasteiger partial charge in [0.05, 0.1) is 11.3 Å². The molecule has 3 aromatic rings. The number of allylic oxidation sites excluding steroid dienone is 1. The van der Waals surface area contributed by atoms with Crippen LogP contribution in [0.4, 0.5) is 5.82 Å². The zero-order valence-corrected chi connectivity index (χ0v) is 16.4. The smallest absolute Gasteiger partial charge is 0.332 e. The van der Waals surface area contributed by atoms with Gasteiger partial charge < -0.3 is 5.32 Å². The standard InChI is InChI=1S/C22H16ClN3O3/c1-25-20-17(21(28)26(2)22(25)29)15(11-6-5-7-12(23)10-11)16-18(24-20)13-8-3-4-9-14(13)19(16)27/h3-10,15,24H,1-2H3/t15-/m1/s1. The van der Waals surface area contributed by atoms with Gasteiger partial charge in [-0.1, -0.05) is 48.0 Å². The third kappa shape index (κ3) is 2.32. The number of nitrogens with one attached hydrogen (secondary N) is 1. The number of aromatic nitrogens is 2. The number of Topliss-reactive ketones (excluding diaryl/α,β-unsaturated/α-hetero) is 1. The Bertz CT molecular complexity index is 1380. The van der Waals surface area contributed by atoms with E-state index in [1.54, 1.807) is 31.3 Å². The molecule has 1 aliphatic carbocycles. The number of halogens is 1. The van der Waals surface area contributed by atoms with Crippen molar-refractivity contribution < 1.29 is 4.79 Å². The van der Waals surface area contributed by atoms with Gasteiger partial charge in [-0.15, -0.1) is 0 Å². The Hall–Kier alpha value is -3.38. The number of nitrogens with zero attached hydrogens (tertiary/aromatic N) is 2. The normalized spacial score (nSPS) is 16.9. The number of rotatable bonds is 1. The van der Waals surface area contributed by atoms with Crippen molar-refractivity contribution in [2.45, 2.75) is 5.92 Å². The largest absolute Gasteiger partial charge is 0.340 e. The Balaban J connectivity index is 1.90. The van der Waals surface area contributed by atoms with Crippen LogP contribution in [0.5, 0.6) is 0 Å². The van der Waals surface area contributed by atoms with Crippen molar-refractivity contribution in [1.82, 2.24) is 9.13 Å². The molecule has 2 heterocycles. The Morgan fingerprint density at radius 3 is 2.38 bits per heavy atom. The first-order valence-electron chi connectivity index (χ1n) is 9.10. The van der Waals surface area contributed by atoms with Crippen LogP contribution in [0.2, 0.25) is 5.02 Å². The number of ketones is 1. The molecular formula is C22H16ClN3O3. The summed E-state index contributed by atoms with van der Waals surface area (Å²) in [5.41, 5.74) is 2.68. The fourth-order valence-electron chi connectivity index (χ4n) is 4.28. The summed E-state index contributed by atoms with van der Waals surface area (Å²) in [7, 11) is 3.05. The van der Waals surface area contributed by atoms with E-state index in [4.69, 9.17) is 11.6 Å². The number of hydrogen-bond acceptors (Lipinski definition) is 4. The Labute approximate surface area is 170 Å². The zero-order chi connectivity index (χ0) is 20.4. The third-order valence-corrected chi connectivity index (χ3v) is 5.89. The second-order valence-electron chi connectivity index (χ2n) is 7.24. The minimum absolute atomic E-state index is 0.130. The Morgan fingerprint density at radius 2 is 1.66 bits per heavy atom. The molecule has 0 spiro atoms. The van der Waals surface area contributed by atoms with Crippen LogP contribution in [-0.4, -0.2) is 14.9 Å². The van der Waals surface area contributed by atoms with Crippen molar-refractivity contribution in [3.8, 4) is 0 Å². The van der Waals surface area contributed by atoms with Gasteiger partial charge in [-0.3, -0.25) is 18.7 Å². The second kappa shape index (κ2) is 6.06. The maximum Gasteiger partial charge on any atom is 0.332 e. The topological polar surface area (TPSA) is 73.1 Å². The van der Waals surface area contributed by atoms with Crippen LogP contribution >= 0.6 is 11.6 Å². The van der Waals surface area contributed by atoms with Gasteiger partial charge >= 0.3 is 5.69 Å². The van der Waals surface area contributed by atoms with Crippen LogP contribution in [0.3, 0.4) is 0 Å². The van der Waals surface area contributed by atoms with E-state index in [0.29, 0.717) is 33.2 Å². The molecule has 6 nitrogen and oxygen atoms in total. The first-order chi connectivity index (χ1) is 13.9. The lowest BCUT2D eigenvalue weighted by atomic mass is 9.81. The molecule has 0 bridgehead atoms. The molecule has 0 saturated carbocycles. The van der Waals surface area contributed by atoms with Crippen LogP contribution in [0.1, 0.15) is 33.0 Å². The highest BCUT2D eigenvalue weighted by molar-refractivity contribution is 6.30. The molecule has 1 atom stereocenters. The van der Waals surface area contributed by atoms with Gasteiger partial charge in [0.2, 0.25) is 0 Å². The van der Waals surface area contributed by atoms with Gasteiger partial charge in [0.25, 0.3) is 5.56 Å². The summed E-state index contributed by atoms with van der Waals surface area (Å²) < 4.78 is 2.47. The number of carbonyl (C=O) groups is 1. The highest BCUT2D eigenvalue weighted by atomic mass is 35.5. The number of carbonyl (C=O) groups excluding carboxylic acids is 1. The fourth-order valence-corrected chi connectivity index (χ4v) is 4.48. The molecule has 1 aromatic heterocycles. The molecular weight excluding hydrogens is 390 g/mol. The summed E-state index contributed by atoms with van der Waals surface area (Å²) in [5.74, 6) is -0.369. The van der Waals surface area contributed by atoms with Crippen LogP contribution in [0.15, 0.2) is 63.7 Å². The summed E-state index contributed by atoms with van der Waals surface area (Å²) in [5, 5.41) is 3.72. The van der Waals surface area contributed by atoms with Crippen molar-refractivity contribution in [3.63, 3.8) is 0 Å². The number of hydrogen-bond donors (Lipinski definition) is 1. The van der Waals surface area contributed by atoms with Crippen molar-refractivity contribution in [3.05, 3.63) is 102 Å². The fraction of sp³-hybridized carbons (Fsp3) is 0.136. The van der Waals surface area contributed by atoms with Gasteiger partial charge in [-0.05, 0) is 17.7 Å². The molecule has 0 unspecified atom stereocenters. The zero-order valence-electron chi connectivity index (χ0n) is 15.7. The van der Waals surface area contributed by atoms with E-state index in [9.17, 15) is 14.4 Å². The van der Waals surface area contributed by atoms with Crippen LogP contribution in [0.25, 0.3) is 5.70 Å². The first-order valence-corrected chi connectivity index (χ1v) is 9.48. The van der Waals surface area contributed by atoms with Crippen molar-refractivity contribution in [2.24, 2.45) is 14.1 Å². The minimum Gasteiger partial charge on any atom is -0.340 e. The first kappa shape index (κ1) is 17.7. The summed E-state index contributed by atoms with van der Waals surface area (Å²) in [6, 6.07) is 14.4. The van der Waals surface area contributed by atoms with Crippen LogP contribution in [-0.2, 0) is 14.1 Å². The molecule has 0 radical (unpaired) electrons. The van der Waals surface area contributed by atoms with Crippen LogP contribution in [0, 0.1) is 0 Å². The molecule has 5 rings (SSSR count). The van der Waals surface area contributed by atoms with Gasteiger partial charge in [0.1, 0.15) is 5.82 Å². The third-order valence-electron chi connectivity index (χ3n) is 5.66. The summed E-state index contributed by atoms with van der Waals surface area (Å²) in [4.78, 5) is 39.1. The second-order valence-corrected chi connectivity index (χ2v) is 7.68.